The standard InChI is InChI=1S/C27H47NO3/c1-5-6-7-8-9-10-11-12-13-14-15-19-22-25(28-26(29)31-27(2,3)4)30-23-24-20-17-16-18-21-24/h16-18,20-21,25H,5-15,19,22-23H2,1-4H3,(H,28,29). The maximum atomic E-state index is 12.2. The van der Waals surface area contributed by atoms with Gasteiger partial charge in [-0.1, -0.05) is 108 Å². The van der Waals surface area contributed by atoms with Crippen molar-refractivity contribution in [2.45, 2.75) is 130 Å². The topological polar surface area (TPSA) is 47.6 Å². The van der Waals surface area contributed by atoms with Crippen molar-refractivity contribution in [1.82, 2.24) is 5.32 Å². The Balaban J connectivity index is 2.22. The normalized spacial score (nSPS) is 12.5. The van der Waals surface area contributed by atoms with Crippen LogP contribution >= 0.6 is 0 Å². The summed E-state index contributed by atoms with van der Waals surface area (Å²) in [5, 5.41) is 2.90. The van der Waals surface area contributed by atoms with E-state index in [1.807, 2.05) is 51.1 Å². The smallest absolute Gasteiger partial charge is 0.409 e. The lowest BCUT2D eigenvalue weighted by Gasteiger charge is -2.24. The zero-order valence-electron chi connectivity index (χ0n) is 20.6. The van der Waals surface area contributed by atoms with E-state index in [9.17, 15) is 4.79 Å². The largest absolute Gasteiger partial charge is 0.444 e. The molecule has 1 aromatic rings. The van der Waals surface area contributed by atoms with E-state index in [-0.39, 0.29) is 6.23 Å². The van der Waals surface area contributed by atoms with E-state index >= 15 is 0 Å². The Morgan fingerprint density at radius 3 is 1.87 bits per heavy atom. The highest BCUT2D eigenvalue weighted by Crippen LogP contribution is 2.15. The van der Waals surface area contributed by atoms with E-state index in [4.69, 9.17) is 9.47 Å². The summed E-state index contributed by atoms with van der Waals surface area (Å²) in [6.07, 6.45) is 15.9. The summed E-state index contributed by atoms with van der Waals surface area (Å²) in [7, 11) is 0. The second-order valence-corrected chi connectivity index (χ2v) is 9.61. The summed E-state index contributed by atoms with van der Waals surface area (Å²) in [6.45, 7) is 8.37. The highest BCUT2D eigenvalue weighted by molar-refractivity contribution is 5.67. The summed E-state index contributed by atoms with van der Waals surface area (Å²) in [4.78, 5) is 12.2. The van der Waals surface area contributed by atoms with Gasteiger partial charge in [0.1, 0.15) is 11.8 Å². The van der Waals surface area contributed by atoms with Crippen molar-refractivity contribution in [3.63, 3.8) is 0 Å². The van der Waals surface area contributed by atoms with E-state index in [0.717, 1.165) is 18.4 Å². The van der Waals surface area contributed by atoms with Crippen molar-refractivity contribution >= 4 is 6.09 Å². The molecule has 1 unspecified atom stereocenters. The third kappa shape index (κ3) is 16.8. The number of nitrogens with one attached hydrogen (secondary N) is 1. The molecular weight excluding hydrogens is 386 g/mol. The Hall–Kier alpha value is -1.55. The molecule has 0 heterocycles. The number of alkyl carbamates (subject to hydrolysis) is 1. The Morgan fingerprint density at radius 1 is 0.839 bits per heavy atom. The average molecular weight is 434 g/mol. The lowest BCUT2D eigenvalue weighted by Crippen LogP contribution is -2.40. The van der Waals surface area contributed by atoms with Crippen LogP contribution in [-0.2, 0) is 16.1 Å². The highest BCUT2D eigenvalue weighted by atomic mass is 16.6. The van der Waals surface area contributed by atoms with Gasteiger partial charge >= 0.3 is 6.09 Å². The highest BCUT2D eigenvalue weighted by Gasteiger charge is 2.19. The average Bonchev–Trinajstić information content (AvgIpc) is 2.72. The summed E-state index contributed by atoms with van der Waals surface area (Å²) < 4.78 is 11.4. The van der Waals surface area contributed by atoms with Crippen LogP contribution in [0.4, 0.5) is 4.79 Å². The second-order valence-electron chi connectivity index (χ2n) is 9.61. The molecule has 0 aliphatic rings. The van der Waals surface area contributed by atoms with Gasteiger partial charge in [-0.15, -0.1) is 0 Å². The molecule has 1 rings (SSSR count). The quantitative estimate of drug-likeness (QED) is 0.199. The lowest BCUT2D eigenvalue weighted by molar-refractivity contribution is -0.00588. The summed E-state index contributed by atoms with van der Waals surface area (Å²) in [5.41, 5.74) is 0.595. The van der Waals surface area contributed by atoms with E-state index < -0.39 is 11.7 Å². The molecule has 1 aromatic carbocycles. The first kappa shape index (κ1) is 27.5. The maximum absolute atomic E-state index is 12.2. The fraction of sp³-hybridized carbons (Fsp3) is 0.741. The van der Waals surface area contributed by atoms with Gasteiger partial charge in [0.05, 0.1) is 6.61 Å². The number of hydrogen-bond acceptors (Lipinski definition) is 3. The summed E-state index contributed by atoms with van der Waals surface area (Å²) in [5.74, 6) is 0. The minimum Gasteiger partial charge on any atom is -0.444 e. The maximum Gasteiger partial charge on any atom is 0.409 e. The van der Waals surface area contributed by atoms with Crippen molar-refractivity contribution in [1.29, 1.82) is 0 Å². The number of carbonyl (C=O) groups is 1. The van der Waals surface area contributed by atoms with E-state index in [2.05, 4.69) is 12.2 Å². The lowest BCUT2D eigenvalue weighted by atomic mass is 10.0. The molecule has 0 fully saturated rings. The molecule has 1 amide bonds. The molecule has 0 bridgehead atoms. The minimum atomic E-state index is -0.510. The molecule has 4 nitrogen and oxygen atoms in total. The van der Waals surface area contributed by atoms with Gasteiger partial charge in [0, 0.05) is 0 Å². The van der Waals surface area contributed by atoms with Gasteiger partial charge in [-0.2, -0.15) is 0 Å². The Kier molecular flexibility index (Phi) is 15.1. The van der Waals surface area contributed by atoms with Gasteiger partial charge in [-0.3, -0.25) is 5.32 Å². The van der Waals surface area contributed by atoms with Crippen LogP contribution in [0.15, 0.2) is 30.3 Å². The van der Waals surface area contributed by atoms with Crippen LogP contribution in [0.2, 0.25) is 0 Å². The molecule has 178 valence electrons. The molecule has 0 aromatic heterocycles. The number of unbranched alkanes of at least 4 members (excludes halogenated alkanes) is 11. The fourth-order valence-electron chi connectivity index (χ4n) is 3.58. The molecule has 4 heteroatoms. The van der Waals surface area contributed by atoms with Gasteiger partial charge < -0.3 is 9.47 Å². The zero-order chi connectivity index (χ0) is 22.8. The molecule has 0 aliphatic heterocycles. The zero-order valence-corrected chi connectivity index (χ0v) is 20.6. The molecule has 1 N–H and O–H groups in total. The van der Waals surface area contributed by atoms with Crippen molar-refractivity contribution in [2.24, 2.45) is 0 Å². The van der Waals surface area contributed by atoms with E-state index in [1.54, 1.807) is 0 Å². The number of carbonyl (C=O) groups excluding carboxylic acids is 1. The number of benzene rings is 1. The first-order valence-electron chi connectivity index (χ1n) is 12.6. The molecular formula is C27H47NO3. The predicted molar refractivity (Wildman–Crippen MR) is 130 cm³/mol. The molecule has 0 radical (unpaired) electrons. The van der Waals surface area contributed by atoms with Crippen LogP contribution < -0.4 is 5.32 Å². The molecule has 31 heavy (non-hydrogen) atoms. The molecule has 1 atom stereocenters. The minimum absolute atomic E-state index is 0.321. The van der Waals surface area contributed by atoms with Gasteiger partial charge in [0.15, 0.2) is 0 Å². The van der Waals surface area contributed by atoms with Crippen LogP contribution in [0.25, 0.3) is 0 Å². The summed E-state index contributed by atoms with van der Waals surface area (Å²) in [6, 6.07) is 10.1. The summed E-state index contributed by atoms with van der Waals surface area (Å²) >= 11 is 0. The first-order valence-corrected chi connectivity index (χ1v) is 12.6. The Labute approximate surface area is 191 Å². The fourth-order valence-corrected chi connectivity index (χ4v) is 3.58. The van der Waals surface area contributed by atoms with Crippen molar-refractivity contribution in [3.8, 4) is 0 Å². The van der Waals surface area contributed by atoms with Crippen LogP contribution in [0.3, 0.4) is 0 Å². The Bertz CT molecular complexity index is 553. The first-order chi connectivity index (χ1) is 14.9. The Morgan fingerprint density at radius 2 is 1.35 bits per heavy atom. The third-order valence-corrected chi connectivity index (χ3v) is 5.29. The van der Waals surface area contributed by atoms with Gasteiger partial charge in [0.2, 0.25) is 0 Å². The van der Waals surface area contributed by atoms with Crippen LogP contribution in [0.1, 0.15) is 117 Å². The monoisotopic (exact) mass is 433 g/mol. The van der Waals surface area contributed by atoms with Gasteiger partial charge in [-0.25, -0.2) is 4.79 Å². The molecule has 0 aliphatic carbocycles. The molecule has 0 saturated heterocycles. The van der Waals surface area contributed by atoms with Crippen molar-refractivity contribution < 1.29 is 14.3 Å². The SMILES string of the molecule is CCCCCCCCCCCCCCC(NC(=O)OC(C)(C)C)OCc1ccccc1. The van der Waals surface area contributed by atoms with Crippen molar-refractivity contribution in [2.75, 3.05) is 0 Å². The van der Waals surface area contributed by atoms with Crippen LogP contribution in [0, 0.1) is 0 Å². The predicted octanol–water partition coefficient (Wildman–Crippen LogP) is 8.15. The molecule has 0 spiro atoms. The van der Waals surface area contributed by atoms with E-state index in [1.165, 1.54) is 70.6 Å². The second kappa shape index (κ2) is 17.1. The number of hydrogen-bond donors (Lipinski definition) is 1. The van der Waals surface area contributed by atoms with Crippen LogP contribution in [-0.4, -0.2) is 17.9 Å². The third-order valence-electron chi connectivity index (χ3n) is 5.29. The van der Waals surface area contributed by atoms with Crippen LogP contribution in [0.5, 0.6) is 0 Å². The van der Waals surface area contributed by atoms with Gasteiger partial charge in [-0.05, 0) is 39.2 Å². The van der Waals surface area contributed by atoms with Gasteiger partial charge in [0.25, 0.3) is 0 Å². The van der Waals surface area contributed by atoms with E-state index in [0.29, 0.717) is 6.61 Å². The number of amides is 1. The number of ether oxygens (including phenoxy) is 2. The van der Waals surface area contributed by atoms with Crippen molar-refractivity contribution in [3.05, 3.63) is 35.9 Å². The molecule has 0 saturated carbocycles. The number of rotatable bonds is 17.